The van der Waals surface area contributed by atoms with Crippen molar-refractivity contribution in [3.8, 4) is 0 Å². The van der Waals surface area contributed by atoms with Crippen LogP contribution in [0.25, 0.3) is 0 Å². The Morgan fingerprint density at radius 3 is 2.39 bits per heavy atom. The fraction of sp³-hybridized carbons (Fsp3) is 0.391. The van der Waals surface area contributed by atoms with E-state index in [9.17, 15) is 9.59 Å². The maximum atomic E-state index is 13.0. The molecule has 2 amide bonds. The van der Waals surface area contributed by atoms with E-state index in [2.05, 4.69) is 36.5 Å². The maximum absolute atomic E-state index is 13.0. The van der Waals surface area contributed by atoms with Crippen molar-refractivity contribution in [2.45, 2.75) is 46.0 Å². The average molecular weight is 399 g/mol. The van der Waals surface area contributed by atoms with Gasteiger partial charge in [-0.3, -0.25) is 9.59 Å². The number of thioether (sulfide) groups is 1. The summed E-state index contributed by atoms with van der Waals surface area (Å²) >= 11 is 1.58. The molecule has 0 fully saturated rings. The van der Waals surface area contributed by atoms with Crippen LogP contribution in [0, 0.1) is 13.8 Å². The molecule has 0 aliphatic rings. The Bertz CT molecular complexity index is 789. The lowest BCUT2D eigenvalue weighted by atomic mass is 10.1. The van der Waals surface area contributed by atoms with Gasteiger partial charge in [0.2, 0.25) is 11.8 Å². The van der Waals surface area contributed by atoms with E-state index in [1.54, 1.807) is 23.6 Å². The van der Waals surface area contributed by atoms with Gasteiger partial charge < -0.3 is 10.2 Å². The number of benzene rings is 2. The lowest BCUT2D eigenvalue weighted by Gasteiger charge is -2.29. The molecule has 0 saturated carbocycles. The monoisotopic (exact) mass is 398 g/mol. The van der Waals surface area contributed by atoms with E-state index in [4.69, 9.17) is 0 Å². The zero-order valence-corrected chi connectivity index (χ0v) is 18.0. The number of carbonyl (C=O) groups is 2. The van der Waals surface area contributed by atoms with Gasteiger partial charge in [0.15, 0.2) is 0 Å². The van der Waals surface area contributed by atoms with Gasteiger partial charge in [-0.1, -0.05) is 54.1 Å². The van der Waals surface area contributed by atoms with Crippen LogP contribution in [0.3, 0.4) is 0 Å². The Kier molecular flexibility index (Phi) is 8.58. The number of hydrogen-bond donors (Lipinski definition) is 1. The number of aryl methyl sites for hydroxylation is 2. The summed E-state index contributed by atoms with van der Waals surface area (Å²) in [5.74, 6) is 0.996. The Hall–Kier alpha value is -2.27. The molecule has 150 valence electrons. The summed E-state index contributed by atoms with van der Waals surface area (Å²) in [7, 11) is 0. The summed E-state index contributed by atoms with van der Waals surface area (Å²) in [6, 6.07) is 15.8. The molecule has 0 unspecified atom stereocenters. The fourth-order valence-electron chi connectivity index (χ4n) is 2.90. The molecule has 28 heavy (non-hydrogen) atoms. The summed E-state index contributed by atoms with van der Waals surface area (Å²) in [6.45, 7) is 8.77. The topological polar surface area (TPSA) is 49.4 Å². The van der Waals surface area contributed by atoms with E-state index in [0.29, 0.717) is 18.8 Å². The van der Waals surface area contributed by atoms with Gasteiger partial charge in [-0.25, -0.2) is 0 Å². The number of hydrogen-bond acceptors (Lipinski definition) is 3. The Labute approximate surface area is 172 Å². The Morgan fingerprint density at radius 1 is 1.07 bits per heavy atom. The van der Waals surface area contributed by atoms with Crippen molar-refractivity contribution in [1.29, 1.82) is 0 Å². The lowest BCUT2D eigenvalue weighted by Crippen LogP contribution is -2.48. The van der Waals surface area contributed by atoms with Crippen molar-refractivity contribution >= 4 is 23.6 Å². The molecule has 2 aromatic carbocycles. The van der Waals surface area contributed by atoms with Gasteiger partial charge in [0.25, 0.3) is 0 Å². The van der Waals surface area contributed by atoms with Crippen molar-refractivity contribution in [3.63, 3.8) is 0 Å². The molecule has 4 nitrogen and oxygen atoms in total. The predicted octanol–water partition coefficient (Wildman–Crippen LogP) is 4.09. The zero-order valence-electron chi connectivity index (χ0n) is 17.2. The second-order valence-electron chi connectivity index (χ2n) is 7.00. The molecule has 1 N–H and O–H groups in total. The molecule has 0 aromatic heterocycles. The second kappa shape index (κ2) is 10.9. The standard InChI is InChI=1S/C23H30N2O2S/c1-5-24-23(27)19(4)25(14-21-9-7-6-8-18(21)3)22(26)16-28-15-20-12-10-17(2)11-13-20/h6-13,19H,5,14-16H2,1-4H3,(H,24,27)/t19-/m0/s1. The third kappa shape index (κ3) is 6.41. The Morgan fingerprint density at radius 2 is 1.75 bits per heavy atom. The first-order valence-electron chi connectivity index (χ1n) is 9.67. The van der Waals surface area contributed by atoms with Gasteiger partial charge in [-0.2, -0.15) is 0 Å². The molecule has 1 atom stereocenters. The minimum Gasteiger partial charge on any atom is -0.355 e. The third-order valence-corrected chi connectivity index (χ3v) is 5.72. The first-order valence-corrected chi connectivity index (χ1v) is 10.8. The molecule has 0 bridgehead atoms. The highest BCUT2D eigenvalue weighted by Crippen LogP contribution is 2.17. The molecule has 2 rings (SSSR count). The molecule has 0 aliphatic heterocycles. The van der Waals surface area contributed by atoms with Crippen molar-refractivity contribution in [3.05, 3.63) is 70.8 Å². The van der Waals surface area contributed by atoms with E-state index >= 15 is 0 Å². The van der Waals surface area contributed by atoms with Crippen LogP contribution in [0.1, 0.15) is 36.1 Å². The van der Waals surface area contributed by atoms with E-state index in [1.807, 2.05) is 38.1 Å². The van der Waals surface area contributed by atoms with E-state index < -0.39 is 6.04 Å². The summed E-state index contributed by atoms with van der Waals surface area (Å²) in [6.07, 6.45) is 0. The number of likely N-dealkylation sites (N-methyl/N-ethyl adjacent to an activating group) is 1. The van der Waals surface area contributed by atoms with Crippen molar-refractivity contribution < 1.29 is 9.59 Å². The van der Waals surface area contributed by atoms with Crippen LogP contribution in [0.15, 0.2) is 48.5 Å². The van der Waals surface area contributed by atoms with Gasteiger partial charge in [0.1, 0.15) is 6.04 Å². The van der Waals surface area contributed by atoms with Gasteiger partial charge in [0, 0.05) is 18.8 Å². The first-order chi connectivity index (χ1) is 13.4. The van der Waals surface area contributed by atoms with Gasteiger partial charge in [0.05, 0.1) is 5.75 Å². The molecule has 2 aromatic rings. The van der Waals surface area contributed by atoms with Gasteiger partial charge in [-0.05, 0) is 44.4 Å². The van der Waals surface area contributed by atoms with Crippen molar-refractivity contribution in [2.24, 2.45) is 0 Å². The van der Waals surface area contributed by atoms with Crippen molar-refractivity contribution in [1.82, 2.24) is 10.2 Å². The highest BCUT2D eigenvalue weighted by molar-refractivity contribution is 7.99. The van der Waals surface area contributed by atoms with E-state index in [-0.39, 0.29) is 11.8 Å². The zero-order chi connectivity index (χ0) is 20.5. The first kappa shape index (κ1) is 22.0. The van der Waals surface area contributed by atoms with Crippen LogP contribution in [0.4, 0.5) is 0 Å². The lowest BCUT2D eigenvalue weighted by molar-refractivity contribution is -0.138. The largest absolute Gasteiger partial charge is 0.355 e. The van der Waals surface area contributed by atoms with Crippen LogP contribution < -0.4 is 5.32 Å². The van der Waals surface area contributed by atoms with Crippen molar-refractivity contribution in [2.75, 3.05) is 12.3 Å². The average Bonchev–Trinajstić information content (AvgIpc) is 2.68. The van der Waals surface area contributed by atoms with Crippen LogP contribution in [-0.2, 0) is 21.9 Å². The summed E-state index contributed by atoms with van der Waals surface area (Å²) in [5, 5.41) is 2.83. The minimum atomic E-state index is -0.507. The molecule has 0 radical (unpaired) electrons. The summed E-state index contributed by atoms with van der Waals surface area (Å²) in [4.78, 5) is 27.0. The number of nitrogens with zero attached hydrogens (tertiary/aromatic N) is 1. The smallest absolute Gasteiger partial charge is 0.242 e. The SMILES string of the molecule is CCNC(=O)[C@H](C)N(Cc1ccccc1C)C(=O)CSCc1ccc(C)cc1. The highest BCUT2D eigenvalue weighted by Gasteiger charge is 2.26. The number of carbonyl (C=O) groups excluding carboxylic acids is 2. The molecule has 5 heteroatoms. The molecule has 0 spiro atoms. The molecular weight excluding hydrogens is 368 g/mol. The molecule has 0 saturated heterocycles. The van der Waals surface area contributed by atoms with Gasteiger partial charge in [-0.15, -0.1) is 11.8 Å². The number of amides is 2. The molecule has 0 aliphatic carbocycles. The number of nitrogens with one attached hydrogen (secondary N) is 1. The van der Waals surface area contributed by atoms with Gasteiger partial charge >= 0.3 is 0 Å². The third-order valence-electron chi connectivity index (χ3n) is 4.74. The van der Waals surface area contributed by atoms with Crippen LogP contribution >= 0.6 is 11.8 Å². The maximum Gasteiger partial charge on any atom is 0.242 e. The molecular formula is C23H30N2O2S. The molecule has 0 heterocycles. The normalized spacial score (nSPS) is 11.7. The Balaban J connectivity index is 2.06. The minimum absolute atomic E-state index is 0.0147. The predicted molar refractivity (Wildman–Crippen MR) is 117 cm³/mol. The van der Waals surface area contributed by atoms with E-state index in [1.165, 1.54) is 11.1 Å². The van der Waals surface area contributed by atoms with E-state index in [0.717, 1.165) is 16.9 Å². The summed E-state index contributed by atoms with van der Waals surface area (Å²) < 4.78 is 0. The summed E-state index contributed by atoms with van der Waals surface area (Å²) in [5.41, 5.74) is 4.61. The van der Waals surface area contributed by atoms with Crippen LogP contribution in [0.2, 0.25) is 0 Å². The second-order valence-corrected chi connectivity index (χ2v) is 7.98. The highest BCUT2D eigenvalue weighted by atomic mass is 32.2. The van der Waals surface area contributed by atoms with Crippen LogP contribution in [0.5, 0.6) is 0 Å². The van der Waals surface area contributed by atoms with Crippen LogP contribution in [-0.4, -0.2) is 35.1 Å². The quantitative estimate of drug-likeness (QED) is 0.692. The fourth-order valence-corrected chi connectivity index (χ4v) is 3.77. The number of rotatable bonds is 9.